The smallest absolute Gasteiger partial charge is 0.270 e. The highest BCUT2D eigenvalue weighted by atomic mass is 19.1. The number of halogens is 1. The van der Waals surface area contributed by atoms with Gasteiger partial charge in [-0.15, -0.1) is 0 Å². The fourth-order valence-electron chi connectivity index (χ4n) is 3.16. The number of rotatable bonds is 8. The number of nitrogens with zero attached hydrogens (tertiary/aromatic N) is 2. The molecule has 0 saturated carbocycles. The zero-order valence-electron chi connectivity index (χ0n) is 15.4. The number of aromatic nitrogens is 2. The van der Waals surface area contributed by atoms with Crippen LogP contribution < -0.4 is 10.6 Å². The predicted octanol–water partition coefficient (Wildman–Crippen LogP) is 3.89. The Morgan fingerprint density at radius 2 is 2.00 bits per heavy atom. The van der Waals surface area contributed by atoms with Crippen molar-refractivity contribution in [2.75, 3.05) is 18.4 Å². The molecule has 0 aliphatic heterocycles. The standard InChI is InChI=1S/C21H25FN4O/c22-18-9-5-4-8-17(18)11-13-23-20-14-19(25-15-26-20)21(27)24-12-10-16-6-2-1-3-7-16/h4-6,8-9,14-15H,1-3,7,10-13H2,(H,24,27)(H,23,25,26). The van der Waals surface area contributed by atoms with Gasteiger partial charge in [-0.05, 0) is 50.2 Å². The lowest BCUT2D eigenvalue weighted by Gasteiger charge is -2.13. The second kappa shape index (κ2) is 9.80. The van der Waals surface area contributed by atoms with Crippen molar-refractivity contribution in [3.8, 4) is 0 Å². The summed E-state index contributed by atoms with van der Waals surface area (Å²) in [6, 6.07) is 8.32. The Morgan fingerprint density at radius 3 is 2.81 bits per heavy atom. The van der Waals surface area contributed by atoms with Crippen molar-refractivity contribution in [2.24, 2.45) is 0 Å². The molecule has 3 rings (SSSR count). The van der Waals surface area contributed by atoms with Crippen LogP contribution >= 0.6 is 0 Å². The summed E-state index contributed by atoms with van der Waals surface area (Å²) in [5.41, 5.74) is 2.41. The first-order valence-corrected chi connectivity index (χ1v) is 9.48. The minimum Gasteiger partial charge on any atom is -0.370 e. The van der Waals surface area contributed by atoms with Crippen molar-refractivity contribution < 1.29 is 9.18 Å². The monoisotopic (exact) mass is 368 g/mol. The SMILES string of the molecule is O=C(NCCC1=CCCCC1)c1cc(NCCc2ccccc2F)ncn1. The molecule has 1 aliphatic rings. The molecule has 0 atom stereocenters. The average Bonchev–Trinajstić information content (AvgIpc) is 2.70. The zero-order valence-corrected chi connectivity index (χ0v) is 15.4. The molecule has 1 aromatic heterocycles. The third kappa shape index (κ3) is 5.88. The predicted molar refractivity (Wildman–Crippen MR) is 104 cm³/mol. The molecule has 1 heterocycles. The maximum Gasteiger partial charge on any atom is 0.270 e. The summed E-state index contributed by atoms with van der Waals surface area (Å²) in [5, 5.41) is 6.03. The van der Waals surface area contributed by atoms with Crippen LogP contribution in [0.1, 0.15) is 48.2 Å². The number of nitrogens with one attached hydrogen (secondary N) is 2. The Balaban J connectivity index is 1.46. The second-order valence-electron chi connectivity index (χ2n) is 6.67. The van der Waals surface area contributed by atoms with E-state index in [1.165, 1.54) is 30.8 Å². The first kappa shape index (κ1) is 19.0. The Hall–Kier alpha value is -2.76. The minimum absolute atomic E-state index is 0.203. The van der Waals surface area contributed by atoms with Crippen LogP contribution in [0.5, 0.6) is 0 Å². The van der Waals surface area contributed by atoms with Crippen molar-refractivity contribution in [2.45, 2.75) is 38.5 Å². The van der Waals surface area contributed by atoms with Crippen molar-refractivity contribution in [1.82, 2.24) is 15.3 Å². The number of carbonyl (C=O) groups is 1. The molecule has 27 heavy (non-hydrogen) atoms. The number of anilines is 1. The van der Waals surface area contributed by atoms with Gasteiger partial charge in [-0.1, -0.05) is 29.8 Å². The lowest BCUT2D eigenvalue weighted by molar-refractivity contribution is 0.0949. The van der Waals surface area contributed by atoms with Crippen LogP contribution in [0, 0.1) is 5.82 Å². The van der Waals surface area contributed by atoms with Crippen LogP contribution in [0.4, 0.5) is 10.2 Å². The molecular formula is C21H25FN4O. The second-order valence-corrected chi connectivity index (χ2v) is 6.67. The van der Waals surface area contributed by atoms with Gasteiger partial charge in [0.1, 0.15) is 23.7 Å². The number of amides is 1. The molecule has 1 amide bonds. The van der Waals surface area contributed by atoms with E-state index >= 15 is 0 Å². The molecule has 1 aliphatic carbocycles. The van der Waals surface area contributed by atoms with E-state index in [2.05, 4.69) is 26.7 Å². The largest absolute Gasteiger partial charge is 0.370 e. The van der Waals surface area contributed by atoms with Crippen LogP contribution in [0.2, 0.25) is 0 Å². The van der Waals surface area contributed by atoms with Gasteiger partial charge >= 0.3 is 0 Å². The summed E-state index contributed by atoms with van der Waals surface area (Å²) < 4.78 is 13.6. The molecule has 0 unspecified atom stereocenters. The third-order valence-corrected chi connectivity index (χ3v) is 4.67. The molecule has 5 nitrogen and oxygen atoms in total. The summed E-state index contributed by atoms with van der Waals surface area (Å²) in [6.07, 6.45) is 9.88. The molecule has 6 heteroatoms. The number of benzene rings is 1. The number of hydrogen-bond acceptors (Lipinski definition) is 4. The number of carbonyl (C=O) groups excluding carboxylic acids is 1. The third-order valence-electron chi connectivity index (χ3n) is 4.67. The van der Waals surface area contributed by atoms with Crippen LogP contribution in [-0.4, -0.2) is 29.0 Å². The summed E-state index contributed by atoms with van der Waals surface area (Å²) in [4.78, 5) is 20.5. The maximum atomic E-state index is 13.6. The average molecular weight is 368 g/mol. The Bertz CT molecular complexity index is 806. The van der Waals surface area contributed by atoms with Gasteiger partial charge in [-0.25, -0.2) is 14.4 Å². The van der Waals surface area contributed by atoms with E-state index in [0.29, 0.717) is 36.6 Å². The lowest BCUT2D eigenvalue weighted by Crippen LogP contribution is -2.26. The first-order chi connectivity index (χ1) is 13.2. The van der Waals surface area contributed by atoms with E-state index in [9.17, 15) is 9.18 Å². The molecule has 0 saturated heterocycles. The molecule has 2 aromatic rings. The highest BCUT2D eigenvalue weighted by Crippen LogP contribution is 2.19. The molecule has 0 bridgehead atoms. The summed E-state index contributed by atoms with van der Waals surface area (Å²) in [7, 11) is 0. The number of allylic oxidation sites excluding steroid dienone is 1. The van der Waals surface area contributed by atoms with Crippen LogP contribution in [0.25, 0.3) is 0 Å². The Kier molecular flexibility index (Phi) is 6.90. The van der Waals surface area contributed by atoms with Crippen molar-refractivity contribution in [3.63, 3.8) is 0 Å². The summed E-state index contributed by atoms with van der Waals surface area (Å²) >= 11 is 0. The van der Waals surface area contributed by atoms with Gasteiger partial charge in [0.15, 0.2) is 0 Å². The highest BCUT2D eigenvalue weighted by molar-refractivity contribution is 5.92. The van der Waals surface area contributed by atoms with E-state index in [1.807, 2.05) is 6.07 Å². The highest BCUT2D eigenvalue weighted by Gasteiger charge is 2.10. The van der Waals surface area contributed by atoms with Gasteiger partial charge in [-0.2, -0.15) is 0 Å². The molecule has 0 spiro atoms. The van der Waals surface area contributed by atoms with Gasteiger partial charge in [0.2, 0.25) is 0 Å². The molecule has 2 N–H and O–H groups in total. The molecule has 0 fully saturated rings. The molecule has 0 radical (unpaired) electrons. The first-order valence-electron chi connectivity index (χ1n) is 9.48. The quantitative estimate of drug-likeness (QED) is 0.694. The zero-order chi connectivity index (χ0) is 18.9. The van der Waals surface area contributed by atoms with E-state index in [0.717, 1.165) is 19.3 Å². The maximum absolute atomic E-state index is 13.6. The van der Waals surface area contributed by atoms with Crippen molar-refractivity contribution in [1.29, 1.82) is 0 Å². The van der Waals surface area contributed by atoms with Crippen molar-refractivity contribution in [3.05, 3.63) is 65.4 Å². The van der Waals surface area contributed by atoms with Gasteiger partial charge < -0.3 is 10.6 Å². The van der Waals surface area contributed by atoms with E-state index in [-0.39, 0.29) is 11.7 Å². The van der Waals surface area contributed by atoms with Gasteiger partial charge in [0.25, 0.3) is 5.91 Å². The normalized spacial score (nSPS) is 13.7. The minimum atomic E-state index is -0.213. The Morgan fingerprint density at radius 1 is 1.11 bits per heavy atom. The van der Waals surface area contributed by atoms with Gasteiger partial charge in [0.05, 0.1) is 0 Å². The van der Waals surface area contributed by atoms with Crippen LogP contribution in [0.3, 0.4) is 0 Å². The van der Waals surface area contributed by atoms with E-state index < -0.39 is 0 Å². The van der Waals surface area contributed by atoms with Crippen LogP contribution in [-0.2, 0) is 6.42 Å². The summed E-state index contributed by atoms with van der Waals surface area (Å²) in [6.45, 7) is 1.14. The van der Waals surface area contributed by atoms with E-state index in [4.69, 9.17) is 0 Å². The fraction of sp³-hybridized carbons (Fsp3) is 0.381. The topological polar surface area (TPSA) is 66.9 Å². The van der Waals surface area contributed by atoms with Crippen LogP contribution in [0.15, 0.2) is 48.3 Å². The molecule has 142 valence electrons. The Labute approximate surface area is 159 Å². The molecule has 1 aromatic carbocycles. The lowest BCUT2D eigenvalue weighted by atomic mass is 9.97. The summed E-state index contributed by atoms with van der Waals surface area (Å²) in [5.74, 6) is 0.141. The van der Waals surface area contributed by atoms with Crippen molar-refractivity contribution >= 4 is 11.7 Å². The molecular weight excluding hydrogens is 343 g/mol. The van der Waals surface area contributed by atoms with E-state index in [1.54, 1.807) is 18.2 Å². The fourth-order valence-corrected chi connectivity index (χ4v) is 3.16. The van der Waals surface area contributed by atoms with Gasteiger partial charge in [0, 0.05) is 19.2 Å². The van der Waals surface area contributed by atoms with Gasteiger partial charge in [-0.3, -0.25) is 4.79 Å². The number of hydrogen-bond donors (Lipinski definition) is 2.